The lowest BCUT2D eigenvalue weighted by atomic mass is 10.1. The lowest BCUT2D eigenvalue weighted by Crippen LogP contribution is -2.28. The van der Waals surface area contributed by atoms with E-state index in [9.17, 15) is 9.59 Å². The van der Waals surface area contributed by atoms with E-state index in [1.165, 1.54) is 38.1 Å². The topological polar surface area (TPSA) is 75.4 Å². The van der Waals surface area contributed by atoms with Crippen molar-refractivity contribution in [3.63, 3.8) is 0 Å². The fourth-order valence-corrected chi connectivity index (χ4v) is 4.68. The number of benzene rings is 1. The minimum atomic E-state index is -0.424. The first-order valence-electron chi connectivity index (χ1n) is 10.4. The Morgan fingerprint density at radius 2 is 2.03 bits per heavy atom. The Morgan fingerprint density at radius 3 is 2.77 bits per heavy atom. The number of methoxy groups -OCH3 is 1. The van der Waals surface area contributed by atoms with E-state index in [1.54, 1.807) is 35.2 Å². The number of amidine groups is 1. The van der Waals surface area contributed by atoms with Crippen LogP contribution < -0.4 is 4.90 Å². The Balaban J connectivity index is 1.56. The predicted molar refractivity (Wildman–Crippen MR) is 123 cm³/mol. The monoisotopic (exact) mass is 439 g/mol. The molecule has 0 aliphatic carbocycles. The van der Waals surface area contributed by atoms with Gasteiger partial charge in [-0.05, 0) is 62.2 Å². The van der Waals surface area contributed by atoms with Gasteiger partial charge in [-0.15, -0.1) is 0 Å². The standard InChI is InChI=1S/C23H25N3O4S/c1-3-26-21(27)19(15-18-10-11-20(30-18)25-12-5-4-6-13-25)31-23(26)24-17-9-7-8-16(14-17)22(28)29-2/h7-11,14-15H,3-6,12-13H2,1-2H3. The molecule has 0 atom stereocenters. The van der Waals surface area contributed by atoms with E-state index < -0.39 is 5.97 Å². The second kappa shape index (κ2) is 9.43. The van der Waals surface area contributed by atoms with Crippen molar-refractivity contribution in [1.82, 2.24) is 4.90 Å². The van der Waals surface area contributed by atoms with Crippen LogP contribution in [0.1, 0.15) is 42.3 Å². The van der Waals surface area contributed by atoms with E-state index in [-0.39, 0.29) is 5.91 Å². The van der Waals surface area contributed by atoms with Crippen molar-refractivity contribution < 1.29 is 18.7 Å². The lowest BCUT2D eigenvalue weighted by Gasteiger charge is -2.25. The summed E-state index contributed by atoms with van der Waals surface area (Å²) in [7, 11) is 1.34. The molecule has 8 heteroatoms. The summed E-state index contributed by atoms with van der Waals surface area (Å²) in [5.74, 6) is 0.975. The Labute approximate surface area is 185 Å². The van der Waals surface area contributed by atoms with E-state index in [1.807, 2.05) is 19.1 Å². The molecule has 2 aliphatic heterocycles. The number of anilines is 1. The summed E-state index contributed by atoms with van der Waals surface area (Å²) in [6.45, 7) is 4.41. The van der Waals surface area contributed by atoms with Crippen LogP contribution in [0.25, 0.3) is 6.08 Å². The third-order valence-electron chi connectivity index (χ3n) is 5.25. The van der Waals surface area contributed by atoms with Crippen molar-refractivity contribution in [3.8, 4) is 0 Å². The average molecular weight is 440 g/mol. The van der Waals surface area contributed by atoms with Gasteiger partial charge >= 0.3 is 5.97 Å². The first-order chi connectivity index (χ1) is 15.1. The molecule has 0 spiro atoms. The van der Waals surface area contributed by atoms with E-state index in [2.05, 4.69) is 9.89 Å². The summed E-state index contributed by atoms with van der Waals surface area (Å²) in [6, 6.07) is 10.7. The van der Waals surface area contributed by atoms with Gasteiger partial charge in [0.2, 0.25) is 0 Å². The first kappa shape index (κ1) is 21.2. The van der Waals surface area contributed by atoms with Crippen LogP contribution in [0.4, 0.5) is 11.6 Å². The summed E-state index contributed by atoms with van der Waals surface area (Å²) >= 11 is 1.30. The van der Waals surface area contributed by atoms with Gasteiger partial charge in [0.05, 0.1) is 23.3 Å². The second-order valence-corrected chi connectivity index (χ2v) is 8.33. The molecule has 3 heterocycles. The molecule has 1 amide bonds. The van der Waals surface area contributed by atoms with Gasteiger partial charge in [-0.1, -0.05) is 6.07 Å². The Bertz CT molecular complexity index is 1040. The van der Waals surface area contributed by atoms with Crippen LogP contribution in [0.15, 0.2) is 50.7 Å². The van der Waals surface area contributed by atoms with E-state index in [4.69, 9.17) is 9.15 Å². The number of rotatable bonds is 5. The van der Waals surface area contributed by atoms with Gasteiger partial charge in [-0.3, -0.25) is 9.69 Å². The van der Waals surface area contributed by atoms with E-state index >= 15 is 0 Å². The number of hydrogen-bond acceptors (Lipinski definition) is 7. The van der Waals surface area contributed by atoms with Gasteiger partial charge in [0, 0.05) is 31.8 Å². The van der Waals surface area contributed by atoms with Crippen LogP contribution in [0.5, 0.6) is 0 Å². The minimum absolute atomic E-state index is 0.105. The molecular formula is C23H25N3O4S. The van der Waals surface area contributed by atoms with Gasteiger partial charge in [0.15, 0.2) is 11.1 Å². The average Bonchev–Trinajstić information content (AvgIpc) is 3.38. The summed E-state index contributed by atoms with van der Waals surface area (Å²) in [5, 5.41) is 0.573. The van der Waals surface area contributed by atoms with Crippen molar-refractivity contribution >= 4 is 46.5 Å². The van der Waals surface area contributed by atoms with Crippen LogP contribution in [0, 0.1) is 0 Å². The van der Waals surface area contributed by atoms with Crippen LogP contribution in [-0.4, -0.2) is 48.7 Å². The third kappa shape index (κ3) is 4.69. The molecular weight excluding hydrogens is 414 g/mol. The highest BCUT2D eigenvalue weighted by Crippen LogP contribution is 2.35. The number of carbonyl (C=O) groups excluding carboxylic acids is 2. The second-order valence-electron chi connectivity index (χ2n) is 7.32. The molecule has 2 saturated heterocycles. The van der Waals surface area contributed by atoms with E-state index in [0.717, 1.165) is 19.0 Å². The fraction of sp³-hybridized carbons (Fsp3) is 0.348. The summed E-state index contributed by atoms with van der Waals surface area (Å²) < 4.78 is 10.8. The number of esters is 1. The molecule has 0 saturated carbocycles. The van der Waals surface area contributed by atoms with Crippen molar-refractivity contribution in [2.75, 3.05) is 31.6 Å². The number of carbonyl (C=O) groups is 2. The Morgan fingerprint density at radius 1 is 1.23 bits per heavy atom. The summed E-state index contributed by atoms with van der Waals surface area (Å²) in [6.07, 6.45) is 5.38. The number of nitrogens with zero attached hydrogens (tertiary/aromatic N) is 3. The number of hydrogen-bond donors (Lipinski definition) is 0. The molecule has 7 nitrogen and oxygen atoms in total. The van der Waals surface area contributed by atoms with Gasteiger partial charge in [-0.25, -0.2) is 9.79 Å². The normalized spacial score (nSPS) is 19.5. The largest absolute Gasteiger partial charge is 0.465 e. The quantitative estimate of drug-likeness (QED) is 0.497. The highest BCUT2D eigenvalue weighted by Gasteiger charge is 2.32. The zero-order valence-electron chi connectivity index (χ0n) is 17.7. The highest BCUT2D eigenvalue weighted by molar-refractivity contribution is 8.18. The minimum Gasteiger partial charge on any atom is -0.465 e. The van der Waals surface area contributed by atoms with Gasteiger partial charge < -0.3 is 14.1 Å². The maximum absolute atomic E-state index is 12.9. The number of likely N-dealkylation sites (N-methyl/N-ethyl adjacent to an activating group) is 1. The molecule has 31 heavy (non-hydrogen) atoms. The molecule has 0 N–H and O–H groups in total. The molecule has 4 rings (SSSR count). The Kier molecular flexibility index (Phi) is 6.46. The van der Waals surface area contributed by atoms with Crippen LogP contribution in [-0.2, 0) is 9.53 Å². The van der Waals surface area contributed by atoms with Gasteiger partial charge in [0.1, 0.15) is 5.76 Å². The van der Waals surface area contributed by atoms with Crippen LogP contribution in [0.3, 0.4) is 0 Å². The van der Waals surface area contributed by atoms with Gasteiger partial charge in [0.25, 0.3) is 5.91 Å². The lowest BCUT2D eigenvalue weighted by molar-refractivity contribution is -0.122. The molecule has 162 valence electrons. The predicted octanol–water partition coefficient (Wildman–Crippen LogP) is 4.68. The number of aliphatic imine (C=N–C) groups is 1. The van der Waals surface area contributed by atoms with Crippen molar-refractivity contribution in [1.29, 1.82) is 0 Å². The first-order valence-corrected chi connectivity index (χ1v) is 11.2. The summed E-state index contributed by atoms with van der Waals surface area (Å²) in [4.78, 5) is 33.7. The van der Waals surface area contributed by atoms with Crippen LogP contribution >= 0.6 is 11.8 Å². The molecule has 2 aromatic rings. The van der Waals surface area contributed by atoms with Crippen molar-refractivity contribution in [2.45, 2.75) is 26.2 Å². The number of ether oxygens (including phenoxy) is 1. The summed E-state index contributed by atoms with van der Waals surface area (Å²) in [5.41, 5.74) is 1.00. The fourth-order valence-electron chi connectivity index (χ4n) is 3.63. The molecule has 2 aliphatic rings. The number of piperidine rings is 1. The zero-order chi connectivity index (χ0) is 21.8. The molecule has 0 radical (unpaired) electrons. The van der Waals surface area contributed by atoms with Crippen molar-refractivity contribution in [3.05, 3.63) is 52.6 Å². The molecule has 1 aromatic heterocycles. The number of amides is 1. The highest BCUT2D eigenvalue weighted by atomic mass is 32.2. The molecule has 0 bridgehead atoms. The molecule has 1 aromatic carbocycles. The third-order valence-corrected chi connectivity index (χ3v) is 6.26. The maximum atomic E-state index is 12.9. The maximum Gasteiger partial charge on any atom is 0.337 e. The number of furan rings is 1. The Hall–Kier alpha value is -3.00. The zero-order valence-corrected chi connectivity index (χ0v) is 18.5. The molecule has 0 unspecified atom stereocenters. The number of thioether (sulfide) groups is 1. The van der Waals surface area contributed by atoms with Gasteiger partial charge in [-0.2, -0.15) is 0 Å². The smallest absolute Gasteiger partial charge is 0.337 e. The SMILES string of the molecule is CCN1C(=O)C(=Cc2ccc(N3CCCCC3)o2)SC1=Nc1cccc(C(=O)OC)c1. The van der Waals surface area contributed by atoms with Crippen molar-refractivity contribution in [2.24, 2.45) is 4.99 Å². The van der Waals surface area contributed by atoms with Crippen LogP contribution in [0.2, 0.25) is 0 Å². The molecule has 2 fully saturated rings. The van der Waals surface area contributed by atoms with E-state index in [0.29, 0.717) is 33.6 Å².